The van der Waals surface area contributed by atoms with E-state index in [1.54, 1.807) is 11.3 Å². The molecule has 2 rings (SSSR count). The van der Waals surface area contributed by atoms with Crippen LogP contribution in [-0.4, -0.2) is 23.3 Å². The van der Waals surface area contributed by atoms with Gasteiger partial charge in [0, 0.05) is 19.4 Å². The number of aryl methyl sites for hydroxylation is 2. The molecule has 3 nitrogen and oxygen atoms in total. The molecule has 1 aromatic carbocycles. The molecule has 0 bridgehead atoms. The standard InChI is InChI=1S/C17H25N3S/c1-12(2)11-18-8-7-16-19-20-17(21-16)10-15-6-5-13(3)14(4)9-15/h5-6,9,12,18H,7-8,10-11H2,1-4H3. The number of hydrogen-bond acceptors (Lipinski definition) is 4. The Morgan fingerprint density at radius 1 is 1.10 bits per heavy atom. The normalized spacial score (nSPS) is 11.3. The highest BCUT2D eigenvalue weighted by molar-refractivity contribution is 7.11. The van der Waals surface area contributed by atoms with Crippen LogP contribution in [0.4, 0.5) is 0 Å². The van der Waals surface area contributed by atoms with Crippen molar-refractivity contribution in [2.75, 3.05) is 13.1 Å². The summed E-state index contributed by atoms with van der Waals surface area (Å²) in [5, 5.41) is 14.3. The summed E-state index contributed by atoms with van der Waals surface area (Å²) < 4.78 is 0. The van der Waals surface area contributed by atoms with Crippen LogP contribution in [-0.2, 0) is 12.8 Å². The van der Waals surface area contributed by atoms with Crippen LogP contribution in [0.25, 0.3) is 0 Å². The molecule has 1 N–H and O–H groups in total. The van der Waals surface area contributed by atoms with Gasteiger partial charge in [-0.05, 0) is 43.0 Å². The van der Waals surface area contributed by atoms with Gasteiger partial charge in [-0.25, -0.2) is 0 Å². The number of nitrogens with zero attached hydrogens (tertiary/aromatic N) is 2. The maximum absolute atomic E-state index is 4.32. The Bertz CT molecular complexity index is 575. The fraction of sp³-hybridized carbons (Fsp3) is 0.529. The minimum absolute atomic E-state index is 0.694. The van der Waals surface area contributed by atoms with Crippen molar-refractivity contribution in [3.05, 3.63) is 44.9 Å². The Kier molecular flexibility index (Phi) is 5.88. The Morgan fingerprint density at radius 2 is 1.86 bits per heavy atom. The van der Waals surface area contributed by atoms with Gasteiger partial charge < -0.3 is 5.32 Å². The predicted molar refractivity (Wildman–Crippen MR) is 90.0 cm³/mol. The summed E-state index contributed by atoms with van der Waals surface area (Å²) >= 11 is 1.73. The van der Waals surface area contributed by atoms with Gasteiger partial charge in [-0.1, -0.05) is 32.0 Å². The Labute approximate surface area is 131 Å². The predicted octanol–water partition coefficient (Wildman–Crippen LogP) is 3.53. The van der Waals surface area contributed by atoms with Gasteiger partial charge in [0.2, 0.25) is 0 Å². The van der Waals surface area contributed by atoms with E-state index in [0.29, 0.717) is 5.92 Å². The van der Waals surface area contributed by atoms with E-state index >= 15 is 0 Å². The zero-order chi connectivity index (χ0) is 15.2. The highest BCUT2D eigenvalue weighted by atomic mass is 32.1. The van der Waals surface area contributed by atoms with Gasteiger partial charge >= 0.3 is 0 Å². The first-order valence-corrected chi connectivity index (χ1v) is 8.44. The van der Waals surface area contributed by atoms with Gasteiger partial charge in [-0.15, -0.1) is 21.5 Å². The summed E-state index contributed by atoms with van der Waals surface area (Å²) in [5.74, 6) is 0.694. The molecule has 114 valence electrons. The SMILES string of the molecule is Cc1ccc(Cc2nnc(CCNCC(C)C)s2)cc1C. The fourth-order valence-electron chi connectivity index (χ4n) is 2.13. The van der Waals surface area contributed by atoms with E-state index in [1.165, 1.54) is 16.7 Å². The molecule has 0 fully saturated rings. The van der Waals surface area contributed by atoms with Crippen molar-refractivity contribution in [2.24, 2.45) is 5.92 Å². The van der Waals surface area contributed by atoms with Gasteiger partial charge in [0.1, 0.15) is 10.0 Å². The number of hydrogen-bond donors (Lipinski definition) is 1. The van der Waals surface area contributed by atoms with Crippen molar-refractivity contribution in [2.45, 2.75) is 40.5 Å². The van der Waals surface area contributed by atoms with Crippen LogP contribution in [0.5, 0.6) is 0 Å². The Morgan fingerprint density at radius 3 is 2.57 bits per heavy atom. The largest absolute Gasteiger partial charge is 0.316 e. The molecular formula is C17H25N3S. The third-order valence-corrected chi connectivity index (χ3v) is 4.49. The molecule has 0 saturated carbocycles. The molecule has 0 saturated heterocycles. The second kappa shape index (κ2) is 7.66. The molecule has 0 radical (unpaired) electrons. The van der Waals surface area contributed by atoms with Crippen molar-refractivity contribution in [3.63, 3.8) is 0 Å². The summed E-state index contributed by atoms with van der Waals surface area (Å²) in [6.45, 7) is 10.8. The molecule has 0 amide bonds. The van der Waals surface area contributed by atoms with Crippen molar-refractivity contribution < 1.29 is 0 Å². The maximum Gasteiger partial charge on any atom is 0.121 e. The lowest BCUT2D eigenvalue weighted by atomic mass is 10.0. The van der Waals surface area contributed by atoms with Gasteiger partial charge in [0.15, 0.2) is 0 Å². The molecular weight excluding hydrogens is 278 g/mol. The molecule has 1 aromatic heterocycles. The van der Waals surface area contributed by atoms with E-state index in [1.807, 2.05) is 0 Å². The molecule has 0 spiro atoms. The minimum Gasteiger partial charge on any atom is -0.316 e. The molecule has 2 aromatic rings. The monoisotopic (exact) mass is 303 g/mol. The average molecular weight is 303 g/mol. The first-order valence-electron chi connectivity index (χ1n) is 7.62. The van der Waals surface area contributed by atoms with Gasteiger partial charge in [-0.2, -0.15) is 0 Å². The van der Waals surface area contributed by atoms with Crippen molar-refractivity contribution in [1.82, 2.24) is 15.5 Å². The third-order valence-electron chi connectivity index (χ3n) is 3.50. The minimum atomic E-state index is 0.694. The van der Waals surface area contributed by atoms with Gasteiger partial charge in [0.05, 0.1) is 0 Å². The number of aromatic nitrogens is 2. The van der Waals surface area contributed by atoms with E-state index < -0.39 is 0 Å². The zero-order valence-electron chi connectivity index (χ0n) is 13.4. The van der Waals surface area contributed by atoms with Crippen LogP contribution >= 0.6 is 11.3 Å². The van der Waals surface area contributed by atoms with Crippen LogP contribution in [0.3, 0.4) is 0 Å². The lowest BCUT2D eigenvalue weighted by molar-refractivity contribution is 0.553. The van der Waals surface area contributed by atoms with E-state index in [0.717, 1.165) is 35.9 Å². The van der Waals surface area contributed by atoms with Crippen LogP contribution in [0.15, 0.2) is 18.2 Å². The second-order valence-corrected chi connectivity index (χ2v) is 7.18. The van der Waals surface area contributed by atoms with Crippen molar-refractivity contribution >= 4 is 11.3 Å². The molecule has 0 aliphatic heterocycles. The van der Waals surface area contributed by atoms with Crippen LogP contribution in [0, 0.1) is 19.8 Å². The lowest BCUT2D eigenvalue weighted by Gasteiger charge is -2.05. The molecule has 4 heteroatoms. The summed E-state index contributed by atoms with van der Waals surface area (Å²) in [6.07, 6.45) is 1.86. The highest BCUT2D eigenvalue weighted by Crippen LogP contribution is 2.17. The molecule has 1 heterocycles. The number of benzene rings is 1. The van der Waals surface area contributed by atoms with Crippen LogP contribution < -0.4 is 5.32 Å². The molecule has 0 unspecified atom stereocenters. The van der Waals surface area contributed by atoms with Crippen molar-refractivity contribution in [3.8, 4) is 0 Å². The zero-order valence-corrected chi connectivity index (χ0v) is 14.3. The van der Waals surface area contributed by atoms with E-state index in [2.05, 4.69) is 61.4 Å². The molecule has 21 heavy (non-hydrogen) atoms. The quantitative estimate of drug-likeness (QED) is 0.795. The third kappa shape index (κ3) is 5.21. The summed E-state index contributed by atoms with van der Waals surface area (Å²) in [5.41, 5.74) is 4.00. The Hall–Kier alpha value is -1.26. The smallest absolute Gasteiger partial charge is 0.121 e. The first-order chi connectivity index (χ1) is 10.0. The van der Waals surface area contributed by atoms with Gasteiger partial charge in [0.25, 0.3) is 0 Å². The maximum atomic E-state index is 4.32. The summed E-state index contributed by atoms with van der Waals surface area (Å²) in [7, 11) is 0. The van der Waals surface area contributed by atoms with E-state index in [4.69, 9.17) is 0 Å². The molecule has 0 atom stereocenters. The first kappa shape index (κ1) is 16.1. The summed E-state index contributed by atoms with van der Waals surface area (Å²) in [6, 6.07) is 6.62. The van der Waals surface area contributed by atoms with Crippen LogP contribution in [0.1, 0.15) is 40.6 Å². The van der Waals surface area contributed by atoms with Gasteiger partial charge in [-0.3, -0.25) is 0 Å². The lowest BCUT2D eigenvalue weighted by Crippen LogP contribution is -2.22. The fourth-order valence-corrected chi connectivity index (χ4v) is 3.01. The number of rotatable bonds is 7. The Balaban J connectivity index is 1.86. The summed E-state index contributed by atoms with van der Waals surface area (Å²) in [4.78, 5) is 0. The van der Waals surface area contributed by atoms with Crippen molar-refractivity contribution in [1.29, 1.82) is 0 Å². The molecule has 0 aliphatic rings. The molecule has 0 aliphatic carbocycles. The topological polar surface area (TPSA) is 37.8 Å². The second-order valence-electron chi connectivity index (χ2n) is 6.03. The number of nitrogens with one attached hydrogen (secondary N) is 1. The highest BCUT2D eigenvalue weighted by Gasteiger charge is 2.06. The van der Waals surface area contributed by atoms with E-state index in [9.17, 15) is 0 Å². The van der Waals surface area contributed by atoms with Crippen LogP contribution in [0.2, 0.25) is 0 Å². The average Bonchev–Trinajstić information content (AvgIpc) is 2.86. The van der Waals surface area contributed by atoms with E-state index in [-0.39, 0.29) is 0 Å².